The van der Waals surface area contributed by atoms with E-state index in [0.29, 0.717) is 0 Å². The minimum absolute atomic E-state index is 0.0696. The zero-order valence-corrected chi connectivity index (χ0v) is 13.3. The van der Waals surface area contributed by atoms with E-state index in [2.05, 4.69) is 24.1 Å². The van der Waals surface area contributed by atoms with Gasteiger partial charge in [-0.1, -0.05) is 37.5 Å². The molecule has 2 nitrogen and oxygen atoms in total. The van der Waals surface area contributed by atoms with Gasteiger partial charge in [-0.3, -0.25) is 4.90 Å². The van der Waals surface area contributed by atoms with Gasteiger partial charge < -0.3 is 5.32 Å². The van der Waals surface area contributed by atoms with Gasteiger partial charge in [0.1, 0.15) is 5.82 Å². The van der Waals surface area contributed by atoms with E-state index >= 15 is 0 Å². The molecule has 1 aliphatic heterocycles. The molecule has 1 saturated carbocycles. The van der Waals surface area contributed by atoms with E-state index in [1.165, 1.54) is 32.1 Å². The minimum Gasteiger partial charge on any atom is -0.309 e. The smallest absolute Gasteiger partial charge is 0.127 e. The van der Waals surface area contributed by atoms with E-state index in [4.69, 9.17) is 0 Å². The normalized spacial score (nSPS) is 25.1. The first-order valence-electron chi connectivity index (χ1n) is 8.24. The minimum atomic E-state index is -0.0696. The summed E-state index contributed by atoms with van der Waals surface area (Å²) in [6.45, 7) is 7.25. The van der Waals surface area contributed by atoms with Crippen molar-refractivity contribution in [2.24, 2.45) is 0 Å². The summed E-state index contributed by atoms with van der Waals surface area (Å²) in [5.41, 5.74) is 1.17. The highest BCUT2D eigenvalue weighted by atomic mass is 19.1. The van der Waals surface area contributed by atoms with Gasteiger partial charge in [-0.05, 0) is 32.8 Å². The Labute approximate surface area is 127 Å². The number of nitrogens with zero attached hydrogens (tertiary/aromatic N) is 1. The summed E-state index contributed by atoms with van der Waals surface area (Å²) in [5.74, 6) is -0.0696. The van der Waals surface area contributed by atoms with Crippen LogP contribution in [0, 0.1) is 5.82 Å². The second-order valence-corrected chi connectivity index (χ2v) is 7.47. The van der Waals surface area contributed by atoms with Crippen molar-refractivity contribution < 1.29 is 4.39 Å². The highest BCUT2D eigenvalue weighted by Crippen LogP contribution is 2.38. The van der Waals surface area contributed by atoms with Crippen LogP contribution in [0.5, 0.6) is 0 Å². The van der Waals surface area contributed by atoms with Crippen molar-refractivity contribution in [3.63, 3.8) is 0 Å². The zero-order chi connectivity index (χ0) is 14.9. The first kappa shape index (κ1) is 15.0. The molecule has 1 spiro atoms. The first-order chi connectivity index (χ1) is 10.0. The molecule has 0 aromatic heterocycles. The second kappa shape index (κ2) is 5.69. The van der Waals surface area contributed by atoms with E-state index in [0.717, 1.165) is 25.2 Å². The fraction of sp³-hybridized carbons (Fsp3) is 0.667. The molecular weight excluding hydrogens is 263 g/mol. The van der Waals surface area contributed by atoms with Crippen LogP contribution in [0.1, 0.15) is 51.5 Å². The largest absolute Gasteiger partial charge is 0.309 e. The van der Waals surface area contributed by atoms with E-state index in [1.807, 2.05) is 12.1 Å². The van der Waals surface area contributed by atoms with Gasteiger partial charge in [-0.2, -0.15) is 0 Å². The average Bonchev–Trinajstić information content (AvgIpc) is 2.47. The van der Waals surface area contributed by atoms with Gasteiger partial charge in [0.15, 0.2) is 0 Å². The highest BCUT2D eigenvalue weighted by Gasteiger charge is 2.44. The molecule has 21 heavy (non-hydrogen) atoms. The second-order valence-electron chi connectivity index (χ2n) is 7.47. The molecule has 0 atom stereocenters. The molecule has 0 bridgehead atoms. The molecule has 3 rings (SSSR count). The van der Waals surface area contributed by atoms with Crippen molar-refractivity contribution >= 4 is 0 Å². The van der Waals surface area contributed by atoms with Crippen molar-refractivity contribution in [1.82, 2.24) is 10.2 Å². The predicted octanol–water partition coefficient (Wildman–Crippen LogP) is 3.71. The Kier molecular flexibility index (Phi) is 4.06. The molecule has 0 radical (unpaired) electrons. The summed E-state index contributed by atoms with van der Waals surface area (Å²) in [7, 11) is 0. The number of rotatable bonds is 2. The fourth-order valence-electron chi connectivity index (χ4n) is 3.98. The third-order valence-corrected chi connectivity index (χ3v) is 5.26. The number of nitrogens with one attached hydrogen (secondary N) is 1. The topological polar surface area (TPSA) is 15.3 Å². The third kappa shape index (κ3) is 3.14. The molecule has 1 saturated heterocycles. The molecule has 3 heteroatoms. The van der Waals surface area contributed by atoms with Gasteiger partial charge >= 0.3 is 0 Å². The highest BCUT2D eigenvalue weighted by molar-refractivity contribution is 5.18. The van der Waals surface area contributed by atoms with Gasteiger partial charge in [0.25, 0.3) is 0 Å². The number of benzene rings is 1. The zero-order valence-electron chi connectivity index (χ0n) is 13.3. The molecule has 1 N–H and O–H groups in total. The lowest BCUT2D eigenvalue weighted by Gasteiger charge is -2.54. The van der Waals surface area contributed by atoms with E-state index in [1.54, 1.807) is 12.1 Å². The van der Waals surface area contributed by atoms with Crippen molar-refractivity contribution in [1.29, 1.82) is 0 Å². The van der Waals surface area contributed by atoms with Gasteiger partial charge in [-0.25, -0.2) is 4.39 Å². The lowest BCUT2D eigenvalue weighted by Crippen LogP contribution is -2.68. The van der Waals surface area contributed by atoms with Crippen LogP contribution in [-0.2, 0) is 6.54 Å². The van der Waals surface area contributed by atoms with Crippen LogP contribution in [0.25, 0.3) is 0 Å². The van der Waals surface area contributed by atoms with Gasteiger partial charge in [0, 0.05) is 36.3 Å². The van der Waals surface area contributed by atoms with Gasteiger partial charge in [0.05, 0.1) is 0 Å². The predicted molar refractivity (Wildman–Crippen MR) is 84.7 cm³/mol. The van der Waals surface area contributed by atoms with Crippen molar-refractivity contribution in [3.05, 3.63) is 35.6 Å². The fourth-order valence-corrected chi connectivity index (χ4v) is 3.98. The van der Waals surface area contributed by atoms with Crippen LogP contribution in [0.2, 0.25) is 0 Å². The Morgan fingerprint density at radius 3 is 2.57 bits per heavy atom. The summed E-state index contributed by atoms with van der Waals surface area (Å²) in [6, 6.07) is 7.23. The first-order valence-corrected chi connectivity index (χ1v) is 8.24. The van der Waals surface area contributed by atoms with Crippen LogP contribution in [0.15, 0.2) is 24.3 Å². The Morgan fingerprint density at radius 2 is 1.86 bits per heavy atom. The molecule has 2 aliphatic rings. The van der Waals surface area contributed by atoms with Crippen LogP contribution in [-0.4, -0.2) is 29.1 Å². The van der Waals surface area contributed by atoms with E-state index in [9.17, 15) is 4.39 Å². The van der Waals surface area contributed by atoms with Crippen molar-refractivity contribution in [3.8, 4) is 0 Å². The molecule has 0 unspecified atom stereocenters. The Bertz CT molecular complexity index is 492. The lowest BCUT2D eigenvalue weighted by atomic mass is 9.76. The Morgan fingerprint density at radius 1 is 1.14 bits per heavy atom. The summed E-state index contributed by atoms with van der Waals surface area (Å²) in [5, 5.41) is 3.71. The molecule has 1 aromatic carbocycles. The van der Waals surface area contributed by atoms with E-state index < -0.39 is 0 Å². The molecule has 0 amide bonds. The van der Waals surface area contributed by atoms with Crippen molar-refractivity contribution in [2.75, 3.05) is 13.1 Å². The maximum Gasteiger partial charge on any atom is 0.127 e. The lowest BCUT2D eigenvalue weighted by molar-refractivity contribution is -0.0167. The Balaban J connectivity index is 1.85. The average molecular weight is 290 g/mol. The quantitative estimate of drug-likeness (QED) is 0.893. The van der Waals surface area contributed by atoms with Gasteiger partial charge in [-0.15, -0.1) is 0 Å². The number of hydrogen-bond acceptors (Lipinski definition) is 2. The number of halogens is 1. The maximum absolute atomic E-state index is 14.1. The maximum atomic E-state index is 14.1. The molecule has 116 valence electrons. The molecule has 1 heterocycles. The summed E-state index contributed by atoms with van der Waals surface area (Å²) in [6.07, 6.45) is 6.43. The Hall–Kier alpha value is -0.930. The summed E-state index contributed by atoms with van der Waals surface area (Å²) >= 11 is 0. The van der Waals surface area contributed by atoms with Crippen LogP contribution < -0.4 is 5.32 Å². The van der Waals surface area contributed by atoms with Crippen LogP contribution in [0.3, 0.4) is 0 Å². The SMILES string of the molecule is CC1(C)CN(Cc2ccccc2F)C2(CCCCC2)CN1. The summed E-state index contributed by atoms with van der Waals surface area (Å²) < 4.78 is 14.1. The monoisotopic (exact) mass is 290 g/mol. The molecule has 2 fully saturated rings. The van der Waals surface area contributed by atoms with E-state index in [-0.39, 0.29) is 16.9 Å². The standard InChI is InChI=1S/C18H27FN2/c1-17(2)14-21(12-15-8-4-5-9-16(15)19)18(13-20-17)10-6-3-7-11-18/h4-5,8-9,20H,3,6-7,10-14H2,1-2H3. The third-order valence-electron chi connectivity index (χ3n) is 5.26. The molecule has 1 aliphatic carbocycles. The van der Waals surface area contributed by atoms with Crippen LogP contribution in [0.4, 0.5) is 4.39 Å². The van der Waals surface area contributed by atoms with Crippen molar-refractivity contribution in [2.45, 2.75) is 63.6 Å². The molecule has 1 aromatic rings. The number of hydrogen-bond donors (Lipinski definition) is 1. The summed E-state index contributed by atoms with van der Waals surface area (Å²) in [4.78, 5) is 2.56. The molecular formula is C18H27FN2. The van der Waals surface area contributed by atoms with Gasteiger partial charge in [0.2, 0.25) is 0 Å². The number of piperazine rings is 1. The van der Waals surface area contributed by atoms with Crippen LogP contribution >= 0.6 is 0 Å².